The van der Waals surface area contributed by atoms with Crippen LogP contribution in [0.4, 0.5) is 0 Å². The zero-order valence-electron chi connectivity index (χ0n) is 10.9. The summed E-state index contributed by atoms with van der Waals surface area (Å²) in [7, 11) is 2.20. The van der Waals surface area contributed by atoms with Gasteiger partial charge in [0.25, 0.3) is 0 Å². The van der Waals surface area contributed by atoms with E-state index in [1.165, 1.54) is 44.9 Å². The molecular weight excluding hydrogens is 198 g/mol. The first kappa shape index (κ1) is 12.4. The van der Waals surface area contributed by atoms with Crippen LogP contribution in [0.5, 0.6) is 0 Å². The molecule has 0 aliphatic heterocycles. The minimum absolute atomic E-state index is 0.0612. The summed E-state index contributed by atoms with van der Waals surface area (Å²) < 4.78 is 0. The fraction of sp³-hybridized carbons (Fsp3) is 1.00. The van der Waals surface area contributed by atoms with Crippen LogP contribution in [0.15, 0.2) is 0 Å². The lowest BCUT2D eigenvalue weighted by Crippen LogP contribution is -2.40. The van der Waals surface area contributed by atoms with Crippen LogP contribution in [0, 0.1) is 11.8 Å². The van der Waals surface area contributed by atoms with Crippen LogP contribution in [-0.2, 0) is 0 Å². The Morgan fingerprint density at radius 3 is 2.25 bits per heavy atom. The first-order valence-corrected chi connectivity index (χ1v) is 7.09. The van der Waals surface area contributed by atoms with E-state index >= 15 is 0 Å². The van der Waals surface area contributed by atoms with E-state index in [4.69, 9.17) is 0 Å². The molecule has 1 atom stereocenters. The molecule has 0 aromatic rings. The van der Waals surface area contributed by atoms with Gasteiger partial charge >= 0.3 is 0 Å². The van der Waals surface area contributed by atoms with Crippen LogP contribution >= 0.6 is 0 Å². The Balaban J connectivity index is 1.70. The van der Waals surface area contributed by atoms with Gasteiger partial charge in [-0.2, -0.15) is 0 Å². The molecule has 1 unspecified atom stereocenters. The van der Waals surface area contributed by atoms with E-state index in [2.05, 4.69) is 18.9 Å². The van der Waals surface area contributed by atoms with E-state index in [-0.39, 0.29) is 6.10 Å². The molecule has 0 bridgehead atoms. The summed E-state index contributed by atoms with van der Waals surface area (Å²) in [6, 6.07) is 0.733. The van der Waals surface area contributed by atoms with Gasteiger partial charge in [0.05, 0.1) is 6.10 Å². The van der Waals surface area contributed by atoms with Gasteiger partial charge in [0.2, 0.25) is 0 Å². The predicted molar refractivity (Wildman–Crippen MR) is 67.4 cm³/mol. The Morgan fingerprint density at radius 1 is 1.12 bits per heavy atom. The van der Waals surface area contributed by atoms with Gasteiger partial charge in [0.1, 0.15) is 0 Å². The van der Waals surface area contributed by atoms with E-state index in [1.54, 1.807) is 0 Å². The fourth-order valence-corrected chi connectivity index (χ4v) is 3.07. The molecule has 0 aromatic heterocycles. The van der Waals surface area contributed by atoms with E-state index in [9.17, 15) is 5.11 Å². The second-order valence-corrected chi connectivity index (χ2v) is 5.93. The SMILES string of the molecule is CCC1CCC(N(C)CC(O)C2CC2)CC1. The normalized spacial score (nSPS) is 33.0. The third-order valence-electron chi connectivity index (χ3n) is 4.66. The van der Waals surface area contributed by atoms with Crippen LogP contribution in [0.2, 0.25) is 0 Å². The highest BCUT2D eigenvalue weighted by molar-refractivity contribution is 4.85. The van der Waals surface area contributed by atoms with Crippen molar-refractivity contribution in [1.29, 1.82) is 0 Å². The van der Waals surface area contributed by atoms with E-state index in [0.29, 0.717) is 5.92 Å². The van der Waals surface area contributed by atoms with Gasteiger partial charge in [0, 0.05) is 12.6 Å². The molecule has 0 spiro atoms. The number of aliphatic hydroxyl groups excluding tert-OH is 1. The molecule has 0 heterocycles. The highest BCUT2D eigenvalue weighted by Gasteiger charge is 2.32. The summed E-state index contributed by atoms with van der Waals surface area (Å²) in [6.45, 7) is 3.21. The summed E-state index contributed by atoms with van der Waals surface area (Å²) >= 11 is 0. The van der Waals surface area contributed by atoms with Crippen molar-refractivity contribution in [2.45, 2.75) is 64.0 Å². The molecule has 2 saturated carbocycles. The van der Waals surface area contributed by atoms with Gasteiger partial charge in [-0.15, -0.1) is 0 Å². The van der Waals surface area contributed by atoms with Crippen LogP contribution in [0.3, 0.4) is 0 Å². The molecule has 2 aliphatic carbocycles. The summed E-state index contributed by atoms with van der Waals surface area (Å²) in [5.74, 6) is 1.59. The minimum atomic E-state index is -0.0612. The molecule has 2 nitrogen and oxygen atoms in total. The molecule has 2 rings (SSSR count). The van der Waals surface area contributed by atoms with Gasteiger partial charge in [-0.1, -0.05) is 13.3 Å². The van der Waals surface area contributed by atoms with Crippen molar-refractivity contribution in [3.8, 4) is 0 Å². The molecule has 0 amide bonds. The van der Waals surface area contributed by atoms with Gasteiger partial charge in [-0.05, 0) is 57.4 Å². The van der Waals surface area contributed by atoms with Gasteiger partial charge < -0.3 is 10.0 Å². The molecule has 0 saturated heterocycles. The molecular formula is C14H27NO. The minimum Gasteiger partial charge on any atom is -0.392 e. The number of hydrogen-bond acceptors (Lipinski definition) is 2. The molecule has 16 heavy (non-hydrogen) atoms. The van der Waals surface area contributed by atoms with Gasteiger partial charge in [-0.3, -0.25) is 0 Å². The molecule has 2 aliphatic rings. The number of hydrogen-bond donors (Lipinski definition) is 1. The third kappa shape index (κ3) is 3.21. The smallest absolute Gasteiger partial charge is 0.0695 e. The molecule has 2 heteroatoms. The Morgan fingerprint density at radius 2 is 1.75 bits per heavy atom. The Kier molecular flexibility index (Phi) is 4.26. The van der Waals surface area contributed by atoms with Crippen molar-refractivity contribution in [2.24, 2.45) is 11.8 Å². The first-order valence-electron chi connectivity index (χ1n) is 7.09. The summed E-state index contributed by atoms with van der Waals surface area (Å²) in [4.78, 5) is 2.41. The van der Waals surface area contributed by atoms with Crippen molar-refractivity contribution in [1.82, 2.24) is 4.90 Å². The first-order chi connectivity index (χ1) is 7.70. The maximum absolute atomic E-state index is 9.95. The van der Waals surface area contributed by atoms with Gasteiger partial charge in [-0.25, -0.2) is 0 Å². The summed E-state index contributed by atoms with van der Waals surface area (Å²) in [5, 5.41) is 9.95. The highest BCUT2D eigenvalue weighted by atomic mass is 16.3. The Labute approximate surface area is 100 Å². The Hall–Kier alpha value is -0.0800. The zero-order valence-corrected chi connectivity index (χ0v) is 10.9. The number of nitrogens with zero attached hydrogens (tertiary/aromatic N) is 1. The summed E-state index contributed by atoms with van der Waals surface area (Å²) in [6.07, 6.45) is 9.25. The van der Waals surface area contributed by atoms with Crippen molar-refractivity contribution >= 4 is 0 Å². The number of aliphatic hydroxyl groups is 1. The number of likely N-dealkylation sites (N-methyl/N-ethyl adjacent to an activating group) is 1. The van der Waals surface area contributed by atoms with E-state index in [1.807, 2.05) is 0 Å². The average molecular weight is 225 g/mol. The average Bonchev–Trinajstić information content (AvgIpc) is 3.13. The lowest BCUT2D eigenvalue weighted by Gasteiger charge is -2.35. The summed E-state index contributed by atoms with van der Waals surface area (Å²) in [5.41, 5.74) is 0. The molecule has 1 N–H and O–H groups in total. The maximum Gasteiger partial charge on any atom is 0.0695 e. The highest BCUT2D eigenvalue weighted by Crippen LogP contribution is 2.34. The predicted octanol–water partition coefficient (Wildman–Crippen LogP) is 2.66. The Bertz CT molecular complexity index is 207. The molecule has 2 fully saturated rings. The lowest BCUT2D eigenvalue weighted by molar-refractivity contribution is 0.0715. The molecule has 0 aromatic carbocycles. The van der Waals surface area contributed by atoms with Crippen LogP contribution in [0.25, 0.3) is 0 Å². The van der Waals surface area contributed by atoms with Crippen molar-refractivity contribution < 1.29 is 5.11 Å². The van der Waals surface area contributed by atoms with E-state index in [0.717, 1.165) is 18.5 Å². The largest absolute Gasteiger partial charge is 0.392 e. The van der Waals surface area contributed by atoms with Crippen molar-refractivity contribution in [2.75, 3.05) is 13.6 Å². The van der Waals surface area contributed by atoms with Crippen LogP contribution in [-0.4, -0.2) is 35.7 Å². The monoisotopic (exact) mass is 225 g/mol. The zero-order chi connectivity index (χ0) is 11.5. The molecule has 94 valence electrons. The second kappa shape index (κ2) is 5.50. The quantitative estimate of drug-likeness (QED) is 0.777. The van der Waals surface area contributed by atoms with Crippen LogP contribution in [0.1, 0.15) is 51.9 Å². The molecule has 0 radical (unpaired) electrons. The van der Waals surface area contributed by atoms with Crippen molar-refractivity contribution in [3.63, 3.8) is 0 Å². The topological polar surface area (TPSA) is 23.5 Å². The van der Waals surface area contributed by atoms with Gasteiger partial charge in [0.15, 0.2) is 0 Å². The van der Waals surface area contributed by atoms with E-state index < -0.39 is 0 Å². The van der Waals surface area contributed by atoms with Crippen molar-refractivity contribution in [3.05, 3.63) is 0 Å². The second-order valence-electron chi connectivity index (χ2n) is 5.93. The maximum atomic E-state index is 9.95. The standard InChI is InChI=1S/C14H27NO/c1-3-11-4-8-13(9-5-11)15(2)10-14(16)12-6-7-12/h11-14,16H,3-10H2,1-2H3. The third-order valence-corrected chi connectivity index (χ3v) is 4.66. The lowest BCUT2D eigenvalue weighted by atomic mass is 9.84. The number of rotatable bonds is 5. The fourth-order valence-electron chi connectivity index (χ4n) is 3.07. The van der Waals surface area contributed by atoms with Crippen LogP contribution < -0.4 is 0 Å².